The smallest absolute Gasteiger partial charge is 0.118 e. The van der Waals surface area contributed by atoms with E-state index in [0.29, 0.717) is 0 Å². The van der Waals surface area contributed by atoms with Gasteiger partial charge in [-0.15, -0.1) is 6.42 Å². The Balaban J connectivity index is 2.13. The van der Waals surface area contributed by atoms with Crippen molar-refractivity contribution in [3.63, 3.8) is 0 Å². The molecular weight excluding hydrogens is 248 g/mol. The molecule has 0 N–H and O–H groups in total. The normalized spacial score (nSPS) is 11.4. The van der Waals surface area contributed by atoms with Crippen LogP contribution in [0.3, 0.4) is 0 Å². The second-order valence-corrected chi connectivity index (χ2v) is 4.54. The van der Waals surface area contributed by atoms with Gasteiger partial charge >= 0.3 is 0 Å². The molecule has 0 aliphatic carbocycles. The Kier molecular flexibility index (Phi) is 4.68. The molecule has 2 aromatic carbocycles. The van der Waals surface area contributed by atoms with Crippen molar-refractivity contribution in [2.45, 2.75) is 12.3 Å². The number of hydrogen-bond donors (Lipinski definition) is 0. The summed E-state index contributed by atoms with van der Waals surface area (Å²) in [5.74, 6) is 4.62. The lowest BCUT2D eigenvalue weighted by molar-refractivity contribution is 0.414. The number of ether oxygens (including phenoxy) is 2. The van der Waals surface area contributed by atoms with Gasteiger partial charge < -0.3 is 9.47 Å². The Morgan fingerprint density at radius 2 is 1.40 bits per heavy atom. The zero-order chi connectivity index (χ0) is 14.4. The molecule has 102 valence electrons. The fraction of sp³-hybridized carbons (Fsp3) is 0.222. The van der Waals surface area contributed by atoms with Gasteiger partial charge in [0.15, 0.2) is 0 Å². The van der Waals surface area contributed by atoms with Crippen LogP contribution in [-0.4, -0.2) is 14.2 Å². The predicted octanol–water partition coefficient (Wildman–Crippen LogP) is 3.66. The highest BCUT2D eigenvalue weighted by atomic mass is 16.5. The maximum absolute atomic E-state index is 5.67. The van der Waals surface area contributed by atoms with Gasteiger partial charge in [-0.2, -0.15) is 0 Å². The quantitative estimate of drug-likeness (QED) is 0.769. The summed E-state index contributed by atoms with van der Waals surface area (Å²) in [5, 5.41) is 0. The average Bonchev–Trinajstić information content (AvgIpc) is 2.53. The van der Waals surface area contributed by atoms with Crippen LogP contribution in [0.2, 0.25) is 0 Å². The molecule has 0 spiro atoms. The summed E-state index contributed by atoms with van der Waals surface area (Å²) in [6.07, 6.45) is 6.49. The van der Waals surface area contributed by atoms with Crippen LogP contribution in [0.4, 0.5) is 0 Å². The van der Waals surface area contributed by atoms with Gasteiger partial charge in [0, 0.05) is 5.92 Å². The van der Waals surface area contributed by atoms with Crippen molar-refractivity contribution in [2.75, 3.05) is 14.2 Å². The predicted molar refractivity (Wildman–Crippen MR) is 81.3 cm³/mol. The standard InChI is InChI=1S/C18H18O2/c1-4-15(16-7-11-18(20-3)12-8-16)13-14-5-9-17(19-2)10-6-14/h1,5-12,15H,13H2,2-3H3/t15-/m0/s1. The maximum Gasteiger partial charge on any atom is 0.118 e. The number of terminal acetylenes is 1. The monoisotopic (exact) mass is 266 g/mol. The van der Waals surface area contributed by atoms with Crippen LogP contribution in [0.25, 0.3) is 0 Å². The Hall–Kier alpha value is -2.40. The molecule has 2 rings (SSSR count). The van der Waals surface area contributed by atoms with Gasteiger partial charge in [0.25, 0.3) is 0 Å². The summed E-state index contributed by atoms with van der Waals surface area (Å²) < 4.78 is 10.3. The SMILES string of the molecule is C#C[C@@H](Cc1ccc(OC)cc1)c1ccc(OC)cc1. The molecular formula is C18H18O2. The first kappa shape index (κ1) is 14.0. The summed E-state index contributed by atoms with van der Waals surface area (Å²) in [5.41, 5.74) is 2.33. The van der Waals surface area contributed by atoms with Gasteiger partial charge in [-0.1, -0.05) is 30.2 Å². The minimum absolute atomic E-state index is 0.0642. The molecule has 0 fully saturated rings. The fourth-order valence-corrected chi connectivity index (χ4v) is 2.11. The van der Waals surface area contributed by atoms with E-state index in [0.717, 1.165) is 23.5 Å². The molecule has 0 heterocycles. The van der Waals surface area contributed by atoms with E-state index >= 15 is 0 Å². The van der Waals surface area contributed by atoms with E-state index in [2.05, 4.69) is 5.92 Å². The average molecular weight is 266 g/mol. The zero-order valence-corrected chi connectivity index (χ0v) is 11.8. The van der Waals surface area contributed by atoms with E-state index < -0.39 is 0 Å². The lowest BCUT2D eigenvalue weighted by Gasteiger charge is -2.12. The van der Waals surface area contributed by atoms with Crippen molar-refractivity contribution in [2.24, 2.45) is 0 Å². The van der Waals surface area contributed by atoms with Crippen LogP contribution in [0, 0.1) is 12.3 Å². The molecule has 0 aromatic heterocycles. The van der Waals surface area contributed by atoms with Crippen molar-refractivity contribution in [3.8, 4) is 23.8 Å². The van der Waals surface area contributed by atoms with E-state index in [1.807, 2.05) is 48.5 Å². The lowest BCUT2D eigenvalue weighted by Crippen LogP contribution is -2.00. The van der Waals surface area contributed by atoms with Crippen LogP contribution in [-0.2, 0) is 6.42 Å². The molecule has 0 amide bonds. The molecule has 2 aromatic rings. The first-order valence-corrected chi connectivity index (χ1v) is 6.50. The van der Waals surface area contributed by atoms with Gasteiger partial charge in [0.05, 0.1) is 14.2 Å². The van der Waals surface area contributed by atoms with Crippen molar-refractivity contribution in [1.82, 2.24) is 0 Å². The summed E-state index contributed by atoms with van der Waals surface area (Å²) in [6, 6.07) is 15.9. The van der Waals surface area contributed by atoms with Crippen LogP contribution < -0.4 is 9.47 Å². The number of rotatable bonds is 5. The van der Waals surface area contributed by atoms with Crippen LogP contribution >= 0.6 is 0 Å². The van der Waals surface area contributed by atoms with Crippen LogP contribution in [0.1, 0.15) is 17.0 Å². The van der Waals surface area contributed by atoms with E-state index in [-0.39, 0.29) is 5.92 Å². The van der Waals surface area contributed by atoms with Crippen LogP contribution in [0.5, 0.6) is 11.5 Å². The van der Waals surface area contributed by atoms with Gasteiger partial charge in [0.1, 0.15) is 11.5 Å². The molecule has 20 heavy (non-hydrogen) atoms. The summed E-state index contributed by atoms with van der Waals surface area (Å²) in [6.45, 7) is 0. The third-order valence-electron chi connectivity index (χ3n) is 3.32. The minimum Gasteiger partial charge on any atom is -0.497 e. The molecule has 0 saturated carbocycles. The van der Waals surface area contributed by atoms with Crippen molar-refractivity contribution in [1.29, 1.82) is 0 Å². The molecule has 2 nitrogen and oxygen atoms in total. The highest BCUT2D eigenvalue weighted by Crippen LogP contribution is 2.23. The van der Waals surface area contributed by atoms with E-state index in [1.165, 1.54) is 5.56 Å². The first-order chi connectivity index (χ1) is 9.76. The molecule has 0 bridgehead atoms. The first-order valence-electron chi connectivity index (χ1n) is 6.50. The Bertz CT molecular complexity index is 576. The second-order valence-electron chi connectivity index (χ2n) is 4.54. The van der Waals surface area contributed by atoms with E-state index in [1.54, 1.807) is 14.2 Å². The topological polar surface area (TPSA) is 18.5 Å². The fourth-order valence-electron chi connectivity index (χ4n) is 2.11. The van der Waals surface area contributed by atoms with Gasteiger partial charge in [-0.25, -0.2) is 0 Å². The highest BCUT2D eigenvalue weighted by molar-refractivity contribution is 5.35. The van der Waals surface area contributed by atoms with Gasteiger partial charge in [0.2, 0.25) is 0 Å². The van der Waals surface area contributed by atoms with Crippen molar-refractivity contribution in [3.05, 3.63) is 59.7 Å². The van der Waals surface area contributed by atoms with Crippen molar-refractivity contribution < 1.29 is 9.47 Å². The number of hydrogen-bond acceptors (Lipinski definition) is 2. The van der Waals surface area contributed by atoms with Crippen molar-refractivity contribution >= 4 is 0 Å². The second kappa shape index (κ2) is 6.68. The molecule has 1 atom stereocenters. The number of benzene rings is 2. The highest BCUT2D eigenvalue weighted by Gasteiger charge is 2.09. The maximum atomic E-state index is 5.67. The summed E-state index contributed by atoms with van der Waals surface area (Å²) >= 11 is 0. The minimum atomic E-state index is 0.0642. The van der Waals surface area contributed by atoms with Gasteiger partial charge in [-0.05, 0) is 41.8 Å². The third-order valence-corrected chi connectivity index (χ3v) is 3.32. The van der Waals surface area contributed by atoms with Gasteiger partial charge in [-0.3, -0.25) is 0 Å². The zero-order valence-electron chi connectivity index (χ0n) is 11.8. The molecule has 0 aliphatic rings. The largest absolute Gasteiger partial charge is 0.497 e. The Morgan fingerprint density at radius 1 is 0.900 bits per heavy atom. The Labute approximate surface area is 120 Å². The molecule has 0 aliphatic heterocycles. The van der Waals surface area contributed by atoms with Crippen LogP contribution in [0.15, 0.2) is 48.5 Å². The molecule has 0 saturated heterocycles. The number of methoxy groups -OCH3 is 2. The molecule has 2 heteroatoms. The summed E-state index contributed by atoms with van der Waals surface area (Å²) in [4.78, 5) is 0. The van der Waals surface area contributed by atoms with E-state index in [4.69, 9.17) is 15.9 Å². The summed E-state index contributed by atoms with van der Waals surface area (Å²) in [7, 11) is 3.32. The lowest BCUT2D eigenvalue weighted by atomic mass is 9.92. The molecule has 0 radical (unpaired) electrons. The van der Waals surface area contributed by atoms with E-state index in [9.17, 15) is 0 Å². The molecule has 0 unspecified atom stereocenters. The Morgan fingerprint density at radius 3 is 1.85 bits per heavy atom. The third kappa shape index (κ3) is 3.33.